The number of aliphatic hydroxyl groups excluding tert-OH is 1. The van der Waals surface area contributed by atoms with Crippen LogP contribution in [0, 0.1) is 11.8 Å². The molecule has 0 radical (unpaired) electrons. The lowest BCUT2D eigenvalue weighted by Crippen LogP contribution is -2.49. The van der Waals surface area contributed by atoms with Crippen molar-refractivity contribution in [3.63, 3.8) is 0 Å². The maximum absolute atomic E-state index is 13.3. The molecule has 0 unspecified atom stereocenters. The number of nitrogens with zero attached hydrogens (tertiary/aromatic N) is 2. The maximum atomic E-state index is 13.3. The average Bonchev–Trinajstić information content (AvgIpc) is 3.74. The van der Waals surface area contributed by atoms with Gasteiger partial charge in [-0.2, -0.15) is 0 Å². The summed E-state index contributed by atoms with van der Waals surface area (Å²) in [6.45, 7) is 4.53. The molecule has 5 rings (SSSR count). The Morgan fingerprint density at radius 3 is 2.32 bits per heavy atom. The summed E-state index contributed by atoms with van der Waals surface area (Å²) >= 11 is 0. The predicted molar refractivity (Wildman–Crippen MR) is 129 cm³/mol. The summed E-state index contributed by atoms with van der Waals surface area (Å²) in [5, 5.41) is 9.22. The normalized spacial score (nSPS) is 23.3. The van der Waals surface area contributed by atoms with Gasteiger partial charge in [0.25, 0.3) is 5.91 Å². The van der Waals surface area contributed by atoms with Gasteiger partial charge in [0.05, 0.1) is 13.2 Å². The van der Waals surface area contributed by atoms with Crippen LogP contribution in [0.25, 0.3) is 0 Å². The summed E-state index contributed by atoms with van der Waals surface area (Å²) in [6.07, 6.45) is 4.88. The fraction of sp³-hybridized carbons (Fsp3) is 0.464. The summed E-state index contributed by atoms with van der Waals surface area (Å²) in [7, 11) is 0. The van der Waals surface area contributed by atoms with Crippen LogP contribution in [-0.4, -0.2) is 53.3 Å². The number of aliphatic hydroxyl groups is 1. The summed E-state index contributed by atoms with van der Waals surface area (Å²) in [6, 6.07) is 18.2. The monoisotopic (exact) mass is 462 g/mol. The Kier molecular flexibility index (Phi) is 7.28. The summed E-state index contributed by atoms with van der Waals surface area (Å²) in [4.78, 5) is 17.7. The van der Waals surface area contributed by atoms with E-state index in [1.54, 1.807) is 0 Å². The van der Waals surface area contributed by atoms with E-state index < -0.39 is 6.29 Å². The minimum Gasteiger partial charge on any atom is -0.459 e. The van der Waals surface area contributed by atoms with Gasteiger partial charge in [0, 0.05) is 39.1 Å². The zero-order chi connectivity index (χ0) is 23.3. The fourth-order valence-electron chi connectivity index (χ4n) is 4.83. The maximum Gasteiger partial charge on any atom is 0.288 e. The third-order valence-electron chi connectivity index (χ3n) is 7.08. The van der Waals surface area contributed by atoms with E-state index in [-0.39, 0.29) is 12.5 Å². The van der Waals surface area contributed by atoms with Crippen molar-refractivity contribution in [2.45, 2.75) is 45.3 Å². The van der Waals surface area contributed by atoms with E-state index in [9.17, 15) is 9.90 Å². The van der Waals surface area contributed by atoms with Crippen molar-refractivity contribution in [3.8, 4) is 0 Å². The van der Waals surface area contributed by atoms with Crippen LogP contribution in [0.1, 0.15) is 36.0 Å². The number of hydrogen-bond donors (Lipinski definition) is 1. The number of allylic oxidation sites excluding steroid dienone is 1. The Labute approximate surface area is 201 Å². The molecule has 180 valence electrons. The topological polar surface area (TPSA) is 62.2 Å². The highest BCUT2D eigenvalue weighted by molar-refractivity contribution is 5.91. The molecular formula is C28H34N2O4. The molecule has 0 aromatic heterocycles. The summed E-state index contributed by atoms with van der Waals surface area (Å²) < 4.78 is 12.2. The number of rotatable bonds is 8. The minimum atomic E-state index is -0.411. The van der Waals surface area contributed by atoms with Gasteiger partial charge < -0.3 is 19.5 Å². The van der Waals surface area contributed by atoms with Crippen molar-refractivity contribution in [3.05, 3.63) is 83.1 Å². The van der Waals surface area contributed by atoms with Crippen molar-refractivity contribution < 1.29 is 19.4 Å². The minimum absolute atomic E-state index is 0.00869. The molecule has 2 heterocycles. The van der Waals surface area contributed by atoms with Gasteiger partial charge in [0.2, 0.25) is 6.29 Å². The molecule has 2 aliphatic heterocycles. The van der Waals surface area contributed by atoms with Gasteiger partial charge in [-0.15, -0.1) is 0 Å². The third-order valence-corrected chi connectivity index (χ3v) is 7.08. The second-order valence-electron chi connectivity index (χ2n) is 9.65. The second kappa shape index (κ2) is 10.7. The van der Waals surface area contributed by atoms with E-state index in [0.717, 1.165) is 37.2 Å². The molecule has 1 N–H and O–H groups in total. The smallest absolute Gasteiger partial charge is 0.288 e. The zero-order valence-electron chi connectivity index (χ0n) is 19.6. The largest absolute Gasteiger partial charge is 0.459 e. The molecular weight excluding hydrogens is 428 g/mol. The zero-order valence-corrected chi connectivity index (χ0v) is 19.6. The second-order valence-corrected chi connectivity index (χ2v) is 9.65. The fourth-order valence-corrected chi connectivity index (χ4v) is 4.83. The summed E-state index contributed by atoms with van der Waals surface area (Å²) in [5.74, 6) is 1.43. The first-order valence-electron chi connectivity index (χ1n) is 12.4. The molecule has 1 amide bonds. The molecule has 2 aromatic carbocycles. The number of carbonyl (C=O) groups excluding carboxylic acids is 1. The van der Waals surface area contributed by atoms with Crippen LogP contribution >= 0.6 is 0 Å². The van der Waals surface area contributed by atoms with E-state index in [1.165, 1.54) is 18.4 Å². The van der Waals surface area contributed by atoms with Crippen LogP contribution in [0.3, 0.4) is 0 Å². The van der Waals surface area contributed by atoms with Gasteiger partial charge in [-0.1, -0.05) is 54.6 Å². The van der Waals surface area contributed by atoms with Gasteiger partial charge in [0.1, 0.15) is 0 Å². The van der Waals surface area contributed by atoms with Crippen molar-refractivity contribution in [2.24, 2.45) is 11.8 Å². The predicted octanol–water partition coefficient (Wildman–Crippen LogP) is 3.70. The molecule has 1 saturated heterocycles. The Bertz CT molecular complexity index is 979. The van der Waals surface area contributed by atoms with E-state index in [0.29, 0.717) is 37.3 Å². The first kappa shape index (κ1) is 23.1. The molecule has 2 atom stereocenters. The van der Waals surface area contributed by atoms with Crippen LogP contribution in [0.2, 0.25) is 0 Å². The van der Waals surface area contributed by atoms with Crippen LogP contribution in [0.4, 0.5) is 0 Å². The molecule has 0 spiro atoms. The number of amides is 1. The number of carbonyl (C=O) groups is 1. The van der Waals surface area contributed by atoms with Gasteiger partial charge in [-0.3, -0.25) is 9.69 Å². The molecule has 0 bridgehead atoms. The first-order chi connectivity index (χ1) is 16.7. The van der Waals surface area contributed by atoms with E-state index in [4.69, 9.17) is 9.47 Å². The third kappa shape index (κ3) is 5.87. The van der Waals surface area contributed by atoms with Gasteiger partial charge in [0.15, 0.2) is 5.76 Å². The highest BCUT2D eigenvalue weighted by atomic mass is 16.7. The van der Waals surface area contributed by atoms with E-state index in [1.807, 2.05) is 35.2 Å². The highest BCUT2D eigenvalue weighted by Gasteiger charge is 2.38. The lowest BCUT2D eigenvalue weighted by molar-refractivity contribution is -0.160. The molecule has 3 aliphatic rings. The van der Waals surface area contributed by atoms with Crippen LogP contribution in [0.15, 0.2) is 66.4 Å². The SMILES string of the molecule is O=C(C1=C[C@H](C2CC2)C[C@H](OCc2ccc(CO)cc2)O1)N1CCN(Cc2ccccc2)CC1. The Morgan fingerprint density at radius 1 is 0.941 bits per heavy atom. The van der Waals surface area contributed by atoms with Crippen LogP contribution in [0.5, 0.6) is 0 Å². The van der Waals surface area contributed by atoms with Crippen LogP contribution in [-0.2, 0) is 34.0 Å². The molecule has 2 aromatic rings. The van der Waals surface area contributed by atoms with Crippen molar-refractivity contribution >= 4 is 5.91 Å². The van der Waals surface area contributed by atoms with E-state index >= 15 is 0 Å². The molecule has 1 aliphatic carbocycles. The van der Waals surface area contributed by atoms with Crippen molar-refractivity contribution in [2.75, 3.05) is 26.2 Å². The molecule has 2 fully saturated rings. The van der Waals surface area contributed by atoms with Gasteiger partial charge in [-0.05, 0) is 47.4 Å². The Morgan fingerprint density at radius 2 is 1.65 bits per heavy atom. The van der Waals surface area contributed by atoms with E-state index in [2.05, 4.69) is 35.2 Å². The number of hydrogen-bond acceptors (Lipinski definition) is 5. The number of piperazine rings is 1. The van der Waals surface area contributed by atoms with Crippen LogP contribution < -0.4 is 0 Å². The van der Waals surface area contributed by atoms with Crippen molar-refractivity contribution in [1.29, 1.82) is 0 Å². The Hall–Kier alpha value is -2.67. The lowest BCUT2D eigenvalue weighted by Gasteiger charge is -2.36. The standard InChI is InChI=1S/C28H34N2O4/c31-19-22-6-8-23(9-7-22)20-33-27-17-25(24-10-11-24)16-26(34-27)28(32)30-14-12-29(13-15-30)18-21-4-2-1-3-5-21/h1-9,16,24-25,27,31H,10-15,17-20H2/t25-,27+/m0/s1. The molecule has 6 heteroatoms. The highest BCUT2D eigenvalue weighted by Crippen LogP contribution is 2.43. The van der Waals surface area contributed by atoms with Crippen molar-refractivity contribution in [1.82, 2.24) is 9.80 Å². The quantitative estimate of drug-likeness (QED) is 0.648. The molecule has 6 nitrogen and oxygen atoms in total. The average molecular weight is 463 g/mol. The molecule has 1 saturated carbocycles. The summed E-state index contributed by atoms with van der Waals surface area (Å²) in [5.41, 5.74) is 3.21. The number of benzene rings is 2. The van der Waals surface area contributed by atoms with Gasteiger partial charge >= 0.3 is 0 Å². The van der Waals surface area contributed by atoms with Gasteiger partial charge in [-0.25, -0.2) is 0 Å². The molecule has 34 heavy (non-hydrogen) atoms. The lowest BCUT2D eigenvalue weighted by atomic mass is 9.96. The Balaban J connectivity index is 1.16. The first-order valence-corrected chi connectivity index (χ1v) is 12.4. The number of ether oxygens (including phenoxy) is 2.